The Balaban J connectivity index is 1.97. The Bertz CT molecular complexity index is 617. The highest BCUT2D eigenvalue weighted by Crippen LogP contribution is 2.21. The number of nitrogens with zero attached hydrogens (tertiary/aromatic N) is 1. The Labute approximate surface area is 148 Å². The van der Waals surface area contributed by atoms with E-state index >= 15 is 0 Å². The fraction of sp³-hybridized carbons (Fsp3) is 0.368. The summed E-state index contributed by atoms with van der Waals surface area (Å²) < 4.78 is 5.58. The van der Waals surface area contributed by atoms with Crippen LogP contribution in [-0.2, 0) is 9.53 Å². The number of carbonyl (C=O) groups excluding carboxylic acids is 2. The van der Waals surface area contributed by atoms with Gasteiger partial charge >= 0.3 is 0 Å². The Kier molecular flexibility index (Phi) is 6.91. The van der Waals surface area contributed by atoms with Crippen LogP contribution in [0.25, 0.3) is 0 Å². The Morgan fingerprint density at radius 1 is 1.20 bits per heavy atom. The van der Waals surface area contributed by atoms with Gasteiger partial charge in [-0.3, -0.25) is 9.59 Å². The van der Waals surface area contributed by atoms with Gasteiger partial charge in [-0.25, -0.2) is 0 Å². The van der Waals surface area contributed by atoms with E-state index in [1.165, 1.54) is 0 Å². The van der Waals surface area contributed by atoms with Gasteiger partial charge in [0, 0.05) is 30.9 Å². The van der Waals surface area contributed by atoms with Crippen molar-refractivity contribution >= 4 is 17.5 Å². The Morgan fingerprint density at radius 2 is 1.84 bits per heavy atom. The fourth-order valence-corrected chi connectivity index (χ4v) is 2.73. The van der Waals surface area contributed by atoms with E-state index < -0.39 is 6.10 Å². The molecular weight excluding hydrogens is 318 g/mol. The van der Waals surface area contributed by atoms with E-state index in [-0.39, 0.29) is 17.9 Å². The summed E-state index contributed by atoms with van der Waals surface area (Å²) in [6, 6.07) is 6.80. The maximum absolute atomic E-state index is 12.4. The molecule has 1 saturated heterocycles. The van der Waals surface area contributed by atoms with E-state index in [2.05, 4.69) is 18.5 Å². The van der Waals surface area contributed by atoms with Crippen molar-refractivity contribution in [2.45, 2.75) is 25.0 Å². The average Bonchev–Trinajstić information content (AvgIpc) is 3.11. The Hall–Kier alpha value is -2.44. The highest BCUT2D eigenvalue weighted by molar-refractivity contribution is 5.97. The minimum absolute atomic E-state index is 0.0450. The van der Waals surface area contributed by atoms with Crippen LogP contribution in [0.1, 0.15) is 23.2 Å². The van der Waals surface area contributed by atoms with E-state index in [0.29, 0.717) is 37.3 Å². The van der Waals surface area contributed by atoms with Crippen LogP contribution in [0.2, 0.25) is 0 Å². The molecule has 2 amide bonds. The summed E-state index contributed by atoms with van der Waals surface area (Å²) in [6.07, 6.45) is 4.30. The second kappa shape index (κ2) is 9.15. The molecule has 2 rings (SSSR count). The van der Waals surface area contributed by atoms with Crippen LogP contribution in [0.4, 0.5) is 5.69 Å². The average molecular weight is 343 g/mol. The summed E-state index contributed by atoms with van der Waals surface area (Å²) in [5.74, 6) is -0.294. The van der Waals surface area contributed by atoms with Crippen molar-refractivity contribution in [3.8, 4) is 0 Å². The lowest BCUT2D eigenvalue weighted by Gasteiger charge is -2.19. The first-order valence-electron chi connectivity index (χ1n) is 8.36. The van der Waals surface area contributed by atoms with E-state index in [1.54, 1.807) is 41.3 Å². The summed E-state index contributed by atoms with van der Waals surface area (Å²) >= 11 is 0. The van der Waals surface area contributed by atoms with Gasteiger partial charge < -0.3 is 20.7 Å². The first kappa shape index (κ1) is 18.9. The van der Waals surface area contributed by atoms with E-state index in [9.17, 15) is 9.59 Å². The van der Waals surface area contributed by atoms with E-state index in [0.717, 1.165) is 6.42 Å². The maximum atomic E-state index is 12.4. The molecule has 0 spiro atoms. The van der Waals surface area contributed by atoms with Gasteiger partial charge in [-0.2, -0.15) is 0 Å². The molecule has 6 heteroatoms. The molecule has 0 saturated carbocycles. The van der Waals surface area contributed by atoms with Gasteiger partial charge in [-0.1, -0.05) is 12.2 Å². The number of nitrogens with one attached hydrogen (secondary N) is 1. The van der Waals surface area contributed by atoms with E-state index in [4.69, 9.17) is 10.5 Å². The van der Waals surface area contributed by atoms with Gasteiger partial charge in [-0.05, 0) is 37.1 Å². The fourth-order valence-electron chi connectivity index (χ4n) is 2.73. The Morgan fingerprint density at radius 3 is 2.36 bits per heavy atom. The van der Waals surface area contributed by atoms with Crippen molar-refractivity contribution in [3.05, 3.63) is 55.1 Å². The van der Waals surface area contributed by atoms with Gasteiger partial charge in [0.25, 0.3) is 11.8 Å². The third-order valence-corrected chi connectivity index (χ3v) is 4.05. The van der Waals surface area contributed by atoms with Gasteiger partial charge in [0.15, 0.2) is 0 Å². The van der Waals surface area contributed by atoms with Crippen molar-refractivity contribution in [1.82, 2.24) is 4.90 Å². The van der Waals surface area contributed by atoms with Crippen LogP contribution in [0, 0.1) is 0 Å². The van der Waals surface area contributed by atoms with Crippen LogP contribution >= 0.6 is 0 Å². The van der Waals surface area contributed by atoms with Gasteiger partial charge in [0.1, 0.15) is 6.10 Å². The molecule has 134 valence electrons. The number of nitrogens with two attached hydrogens (primary N) is 1. The van der Waals surface area contributed by atoms with Crippen LogP contribution < -0.4 is 11.1 Å². The lowest BCUT2D eigenvalue weighted by Crippen LogP contribution is -2.31. The molecule has 25 heavy (non-hydrogen) atoms. The number of carbonyl (C=O) groups is 2. The van der Waals surface area contributed by atoms with Crippen molar-refractivity contribution in [3.63, 3.8) is 0 Å². The SMILES string of the molecule is C=CCN(CC=C)C(=O)c1ccc(NC(=O)[C@@H]2CC[C@H](CN)O2)cc1. The topological polar surface area (TPSA) is 84.7 Å². The standard InChI is InChI=1S/C19H25N3O3/c1-3-11-22(12-4-2)19(24)14-5-7-15(8-6-14)21-18(23)17-10-9-16(13-20)25-17/h3-8,16-17H,1-2,9-13,20H2,(H,21,23)/t16-,17+/m1/s1. The van der Waals surface area contributed by atoms with Crippen molar-refractivity contribution in [2.24, 2.45) is 5.73 Å². The molecule has 1 heterocycles. The molecular formula is C19H25N3O3. The number of hydrogen-bond acceptors (Lipinski definition) is 4. The third-order valence-electron chi connectivity index (χ3n) is 4.05. The molecule has 1 aromatic carbocycles. The first-order valence-corrected chi connectivity index (χ1v) is 8.36. The molecule has 0 unspecified atom stereocenters. The summed E-state index contributed by atoms with van der Waals surface area (Å²) in [5.41, 5.74) is 6.73. The highest BCUT2D eigenvalue weighted by atomic mass is 16.5. The minimum Gasteiger partial charge on any atom is -0.364 e. The molecule has 1 fully saturated rings. The van der Waals surface area contributed by atoms with Crippen LogP contribution in [-0.4, -0.2) is 48.6 Å². The summed E-state index contributed by atoms with van der Waals surface area (Å²) in [4.78, 5) is 26.3. The van der Waals surface area contributed by atoms with Gasteiger partial charge in [0.05, 0.1) is 6.10 Å². The van der Waals surface area contributed by atoms with Crippen LogP contribution in [0.5, 0.6) is 0 Å². The number of anilines is 1. The molecule has 1 aliphatic heterocycles. The van der Waals surface area contributed by atoms with Gasteiger partial charge in [-0.15, -0.1) is 13.2 Å². The number of amides is 2. The van der Waals surface area contributed by atoms with Crippen LogP contribution in [0.3, 0.4) is 0 Å². The number of rotatable bonds is 8. The zero-order valence-electron chi connectivity index (χ0n) is 14.3. The smallest absolute Gasteiger partial charge is 0.254 e. The molecule has 0 aliphatic carbocycles. The zero-order valence-corrected chi connectivity index (χ0v) is 14.3. The number of ether oxygens (including phenoxy) is 1. The summed E-state index contributed by atoms with van der Waals surface area (Å²) in [7, 11) is 0. The molecule has 1 aromatic rings. The summed E-state index contributed by atoms with van der Waals surface area (Å²) in [6.45, 7) is 8.64. The van der Waals surface area contributed by atoms with Crippen LogP contribution in [0.15, 0.2) is 49.6 Å². The second-order valence-electron chi connectivity index (χ2n) is 5.91. The lowest BCUT2D eigenvalue weighted by molar-refractivity contribution is -0.126. The van der Waals surface area contributed by atoms with Crippen molar-refractivity contribution in [2.75, 3.05) is 25.0 Å². The largest absolute Gasteiger partial charge is 0.364 e. The minimum atomic E-state index is -0.467. The molecule has 0 bridgehead atoms. The molecule has 2 atom stereocenters. The molecule has 3 N–H and O–H groups in total. The summed E-state index contributed by atoms with van der Waals surface area (Å²) in [5, 5.41) is 2.81. The number of benzene rings is 1. The third kappa shape index (κ3) is 5.01. The first-order chi connectivity index (χ1) is 12.1. The number of hydrogen-bond donors (Lipinski definition) is 2. The quantitative estimate of drug-likeness (QED) is 0.707. The molecule has 0 radical (unpaired) electrons. The van der Waals surface area contributed by atoms with Crippen molar-refractivity contribution in [1.29, 1.82) is 0 Å². The molecule has 0 aromatic heterocycles. The highest BCUT2D eigenvalue weighted by Gasteiger charge is 2.29. The lowest BCUT2D eigenvalue weighted by atomic mass is 10.1. The maximum Gasteiger partial charge on any atom is 0.254 e. The monoisotopic (exact) mass is 343 g/mol. The molecule has 1 aliphatic rings. The predicted molar refractivity (Wildman–Crippen MR) is 98.3 cm³/mol. The normalized spacial score (nSPS) is 19.2. The zero-order chi connectivity index (χ0) is 18.2. The predicted octanol–water partition coefficient (Wildman–Crippen LogP) is 1.95. The van der Waals surface area contributed by atoms with Gasteiger partial charge in [0.2, 0.25) is 0 Å². The molecule has 6 nitrogen and oxygen atoms in total. The van der Waals surface area contributed by atoms with Crippen molar-refractivity contribution < 1.29 is 14.3 Å². The second-order valence-corrected chi connectivity index (χ2v) is 5.91. The van der Waals surface area contributed by atoms with E-state index in [1.807, 2.05) is 0 Å².